The summed E-state index contributed by atoms with van der Waals surface area (Å²) in [5.41, 5.74) is 2.21. The van der Waals surface area contributed by atoms with E-state index in [1.807, 2.05) is 13.0 Å². The number of nitrogens with zero attached hydrogens (tertiary/aromatic N) is 1. The average Bonchev–Trinajstić information content (AvgIpc) is 2.60. The van der Waals surface area contributed by atoms with Gasteiger partial charge in [-0.05, 0) is 60.4 Å². The van der Waals surface area contributed by atoms with Crippen molar-refractivity contribution in [3.8, 4) is 5.75 Å². The van der Waals surface area contributed by atoms with Gasteiger partial charge in [0.15, 0.2) is 0 Å². The largest absolute Gasteiger partial charge is 0.497 e. The Morgan fingerprint density at radius 3 is 2.50 bits per heavy atom. The Morgan fingerprint density at radius 2 is 1.88 bits per heavy atom. The Kier molecular flexibility index (Phi) is 4.91. The first-order valence-electron chi connectivity index (χ1n) is 8.38. The molecule has 1 N–H and O–H groups in total. The van der Waals surface area contributed by atoms with E-state index >= 15 is 0 Å². The van der Waals surface area contributed by atoms with E-state index in [0.717, 1.165) is 17.7 Å². The van der Waals surface area contributed by atoms with Gasteiger partial charge in [0.2, 0.25) is 5.91 Å². The van der Waals surface area contributed by atoms with Crippen LogP contribution in [0.25, 0.3) is 0 Å². The lowest BCUT2D eigenvalue weighted by Gasteiger charge is -2.34. The zero-order valence-corrected chi connectivity index (χ0v) is 15.8. The van der Waals surface area contributed by atoms with Gasteiger partial charge >= 0.3 is 0 Å². The SMILES string of the molecule is COc1ccc2c(c1)CC(C)CN2S(=O)(=O)c1ccc(NC(C)=O)cc1. The van der Waals surface area contributed by atoms with Gasteiger partial charge in [-0.3, -0.25) is 9.10 Å². The highest BCUT2D eigenvalue weighted by Crippen LogP contribution is 2.36. The normalized spacial score (nSPS) is 16.7. The van der Waals surface area contributed by atoms with Gasteiger partial charge in [-0.1, -0.05) is 6.92 Å². The molecular weight excluding hydrogens is 352 g/mol. The molecule has 0 aromatic heterocycles. The van der Waals surface area contributed by atoms with Crippen LogP contribution in [-0.2, 0) is 21.2 Å². The minimum Gasteiger partial charge on any atom is -0.497 e. The van der Waals surface area contributed by atoms with E-state index in [1.54, 1.807) is 31.4 Å². The molecule has 1 unspecified atom stereocenters. The first-order chi connectivity index (χ1) is 12.3. The van der Waals surface area contributed by atoms with Crippen LogP contribution in [0.5, 0.6) is 5.75 Å². The lowest BCUT2D eigenvalue weighted by molar-refractivity contribution is -0.114. The molecule has 0 radical (unpaired) electrons. The topological polar surface area (TPSA) is 75.7 Å². The van der Waals surface area contributed by atoms with Crippen LogP contribution >= 0.6 is 0 Å². The summed E-state index contributed by atoms with van der Waals surface area (Å²) >= 11 is 0. The predicted octanol–water partition coefficient (Wildman–Crippen LogP) is 3.04. The third-order valence-corrected chi connectivity index (χ3v) is 6.16. The standard InChI is InChI=1S/C19H22N2O4S/c1-13-10-15-11-17(25-3)6-9-19(15)21(12-13)26(23,24)18-7-4-16(5-8-18)20-14(2)22/h4-9,11,13H,10,12H2,1-3H3,(H,20,22). The van der Waals surface area contributed by atoms with E-state index in [9.17, 15) is 13.2 Å². The second-order valence-corrected chi connectivity index (χ2v) is 8.41. The van der Waals surface area contributed by atoms with E-state index in [4.69, 9.17) is 4.74 Å². The molecule has 3 rings (SSSR count). The highest BCUT2D eigenvalue weighted by molar-refractivity contribution is 7.92. The van der Waals surface area contributed by atoms with Crippen molar-refractivity contribution in [3.63, 3.8) is 0 Å². The van der Waals surface area contributed by atoms with Crippen LogP contribution in [0.15, 0.2) is 47.4 Å². The molecule has 0 fully saturated rings. The number of carbonyl (C=O) groups excluding carboxylic acids is 1. The van der Waals surface area contributed by atoms with Crippen LogP contribution < -0.4 is 14.4 Å². The van der Waals surface area contributed by atoms with Crippen LogP contribution in [0, 0.1) is 5.92 Å². The zero-order valence-electron chi connectivity index (χ0n) is 15.0. The van der Waals surface area contributed by atoms with Crippen molar-refractivity contribution in [2.45, 2.75) is 25.2 Å². The third-order valence-electron chi connectivity index (χ3n) is 4.36. The molecule has 1 amide bonds. The Labute approximate surface area is 153 Å². The summed E-state index contributed by atoms with van der Waals surface area (Å²) in [6, 6.07) is 11.7. The average molecular weight is 374 g/mol. The molecular formula is C19H22N2O4S. The number of carbonyl (C=O) groups is 1. The van der Waals surface area contributed by atoms with Gasteiger partial charge in [-0.15, -0.1) is 0 Å². The molecule has 0 saturated heterocycles. The molecule has 0 saturated carbocycles. The summed E-state index contributed by atoms with van der Waals surface area (Å²) < 4.78 is 33.1. The van der Waals surface area contributed by atoms with Crippen molar-refractivity contribution in [1.29, 1.82) is 0 Å². The number of fused-ring (bicyclic) bond motifs is 1. The molecule has 2 aromatic carbocycles. The molecule has 0 spiro atoms. The van der Waals surface area contributed by atoms with E-state index in [0.29, 0.717) is 17.9 Å². The van der Waals surface area contributed by atoms with Crippen molar-refractivity contribution in [3.05, 3.63) is 48.0 Å². The number of sulfonamides is 1. The molecule has 1 atom stereocenters. The highest BCUT2D eigenvalue weighted by Gasteiger charge is 2.32. The summed E-state index contributed by atoms with van der Waals surface area (Å²) in [5, 5.41) is 2.64. The number of methoxy groups -OCH3 is 1. The summed E-state index contributed by atoms with van der Waals surface area (Å²) in [6.07, 6.45) is 0.806. The van der Waals surface area contributed by atoms with Crippen molar-refractivity contribution in [2.75, 3.05) is 23.3 Å². The third kappa shape index (κ3) is 3.53. The number of anilines is 2. The van der Waals surface area contributed by atoms with Crippen LogP contribution in [0.1, 0.15) is 19.4 Å². The molecule has 1 aliphatic rings. The minimum absolute atomic E-state index is 0.197. The number of nitrogens with one attached hydrogen (secondary N) is 1. The monoisotopic (exact) mass is 374 g/mol. The maximum Gasteiger partial charge on any atom is 0.264 e. The van der Waals surface area contributed by atoms with Gasteiger partial charge in [0.1, 0.15) is 5.75 Å². The van der Waals surface area contributed by atoms with Crippen LogP contribution in [0.2, 0.25) is 0 Å². The Balaban J connectivity index is 1.98. The predicted molar refractivity (Wildman–Crippen MR) is 101 cm³/mol. The van der Waals surface area contributed by atoms with Gasteiger partial charge in [0.05, 0.1) is 17.7 Å². The minimum atomic E-state index is -3.69. The molecule has 0 bridgehead atoms. The second-order valence-electron chi connectivity index (χ2n) is 6.55. The quantitative estimate of drug-likeness (QED) is 0.892. The number of hydrogen-bond acceptors (Lipinski definition) is 4. The second kappa shape index (κ2) is 6.99. The molecule has 1 aliphatic heterocycles. The van der Waals surface area contributed by atoms with Gasteiger partial charge in [0.25, 0.3) is 10.0 Å². The maximum absolute atomic E-state index is 13.2. The van der Waals surface area contributed by atoms with E-state index < -0.39 is 10.0 Å². The zero-order chi connectivity index (χ0) is 18.9. The number of ether oxygens (including phenoxy) is 1. The molecule has 26 heavy (non-hydrogen) atoms. The van der Waals surface area contributed by atoms with E-state index in [2.05, 4.69) is 5.32 Å². The molecule has 0 aliphatic carbocycles. The fourth-order valence-corrected chi connectivity index (χ4v) is 4.81. The van der Waals surface area contributed by atoms with Crippen molar-refractivity contribution >= 4 is 27.3 Å². The first-order valence-corrected chi connectivity index (χ1v) is 9.82. The van der Waals surface area contributed by atoms with Crippen LogP contribution in [0.4, 0.5) is 11.4 Å². The van der Waals surface area contributed by atoms with Gasteiger partial charge < -0.3 is 10.1 Å². The summed E-state index contributed by atoms with van der Waals surface area (Å²) in [5.74, 6) is 0.714. The number of benzene rings is 2. The lowest BCUT2D eigenvalue weighted by atomic mass is 9.95. The van der Waals surface area contributed by atoms with Crippen LogP contribution in [0.3, 0.4) is 0 Å². The molecule has 7 heteroatoms. The fourth-order valence-electron chi connectivity index (χ4n) is 3.19. The molecule has 138 valence electrons. The van der Waals surface area contributed by atoms with Crippen LogP contribution in [-0.4, -0.2) is 28.0 Å². The Bertz CT molecular complexity index is 923. The number of amides is 1. The van der Waals surface area contributed by atoms with Gasteiger partial charge in [0, 0.05) is 19.2 Å². The first kappa shape index (κ1) is 18.3. The van der Waals surface area contributed by atoms with E-state index in [1.165, 1.54) is 23.4 Å². The lowest BCUT2D eigenvalue weighted by Crippen LogP contribution is -2.39. The van der Waals surface area contributed by atoms with Gasteiger partial charge in [-0.25, -0.2) is 8.42 Å². The summed E-state index contributed by atoms with van der Waals surface area (Å²) in [7, 11) is -2.10. The molecule has 6 nitrogen and oxygen atoms in total. The van der Waals surface area contributed by atoms with E-state index in [-0.39, 0.29) is 16.7 Å². The Morgan fingerprint density at radius 1 is 1.19 bits per heavy atom. The maximum atomic E-state index is 13.2. The highest BCUT2D eigenvalue weighted by atomic mass is 32.2. The molecule has 2 aromatic rings. The fraction of sp³-hybridized carbons (Fsp3) is 0.316. The molecule has 1 heterocycles. The number of rotatable bonds is 4. The number of hydrogen-bond donors (Lipinski definition) is 1. The summed E-state index contributed by atoms with van der Waals surface area (Å²) in [6.45, 7) is 3.87. The van der Waals surface area contributed by atoms with Crippen molar-refractivity contribution < 1.29 is 17.9 Å². The summed E-state index contributed by atoms with van der Waals surface area (Å²) in [4.78, 5) is 11.3. The Hall–Kier alpha value is -2.54. The van der Waals surface area contributed by atoms with Crippen molar-refractivity contribution in [2.24, 2.45) is 5.92 Å². The van der Waals surface area contributed by atoms with Crippen molar-refractivity contribution in [1.82, 2.24) is 0 Å². The smallest absolute Gasteiger partial charge is 0.264 e. The van der Waals surface area contributed by atoms with Gasteiger partial charge in [-0.2, -0.15) is 0 Å².